The molecule has 0 radical (unpaired) electrons. The Labute approximate surface area is 248 Å². The van der Waals surface area contributed by atoms with E-state index in [1.54, 1.807) is 5.79 Å². The summed E-state index contributed by atoms with van der Waals surface area (Å²) in [5.74, 6) is 0. The number of hydrogen-bond donors (Lipinski definition) is 0. The molecule has 4 aromatic carbocycles. The van der Waals surface area contributed by atoms with Crippen LogP contribution in [0.25, 0.3) is 31.3 Å². The molecule has 0 aliphatic rings. The van der Waals surface area contributed by atoms with Crippen molar-refractivity contribution in [3.05, 3.63) is 103 Å². The summed E-state index contributed by atoms with van der Waals surface area (Å²) in [5.41, 5.74) is 6.10. The topological polar surface area (TPSA) is 3.24 Å². The van der Waals surface area contributed by atoms with Crippen molar-refractivity contribution >= 4 is 102 Å². The summed E-state index contributed by atoms with van der Waals surface area (Å²) in [4.78, 5) is 17.5. The van der Waals surface area contributed by atoms with Gasteiger partial charge in [-0.2, -0.15) is 0 Å². The molecule has 5 heteroatoms. The first-order valence-electron chi connectivity index (χ1n) is 13.6. The van der Waals surface area contributed by atoms with Gasteiger partial charge in [0, 0.05) is 0 Å². The molecule has 196 valence electrons. The first-order chi connectivity index (χ1) is 18.6. The van der Waals surface area contributed by atoms with Crippen LogP contribution in [0.5, 0.6) is 0 Å². The number of thiophene rings is 2. The predicted octanol–water partition coefficient (Wildman–Crippen LogP) is 10.3. The van der Waals surface area contributed by atoms with E-state index in [1.807, 2.05) is 22.7 Å². The van der Waals surface area contributed by atoms with Crippen LogP contribution < -0.4 is 10.7 Å². The van der Waals surface area contributed by atoms with Gasteiger partial charge in [0.05, 0.1) is 0 Å². The number of fused-ring (bicyclic) bond motifs is 2. The van der Waals surface area contributed by atoms with Crippen molar-refractivity contribution in [1.82, 2.24) is 0 Å². The summed E-state index contributed by atoms with van der Waals surface area (Å²) in [6.45, 7) is 0. The summed E-state index contributed by atoms with van der Waals surface area (Å²) in [6, 6.07) is 38.7. The number of hydrogen-bond acceptors (Lipinski definition) is 3. The fraction of sp³-hybridized carbons (Fsp3) is 0.176. The summed E-state index contributed by atoms with van der Waals surface area (Å²) < 4.78 is 6.07. The van der Waals surface area contributed by atoms with E-state index in [0.717, 1.165) is 0 Å². The number of rotatable bonds is 6. The first-order valence-corrected chi connectivity index (χ1v) is 35.2. The minimum absolute atomic E-state index is 1.18. The Balaban J connectivity index is 1.48. The van der Waals surface area contributed by atoms with Gasteiger partial charge in [-0.15, -0.1) is 0 Å². The Morgan fingerprint density at radius 2 is 0.897 bits per heavy atom. The van der Waals surface area contributed by atoms with Crippen LogP contribution in [0, 0.1) is 0 Å². The van der Waals surface area contributed by atoms with E-state index in [9.17, 15) is 0 Å². The molecule has 0 aliphatic heterocycles. The number of nitrogens with zero attached hydrogens (tertiary/aromatic N) is 1. The first kappa shape index (κ1) is 27.4. The quantitative estimate of drug-likeness (QED) is 0.153. The molecule has 0 amide bonds. The normalized spacial score (nSPS) is 12.4. The monoisotopic (exact) mass is 761 g/mol. The van der Waals surface area contributed by atoms with Crippen LogP contribution >= 0.6 is 22.7 Å². The molecular weight excluding hydrogens is 724 g/mol. The van der Waals surface area contributed by atoms with E-state index in [-0.39, 0.29) is 0 Å². The van der Waals surface area contributed by atoms with Crippen LogP contribution in [0.3, 0.4) is 0 Å². The molecule has 1 nitrogen and oxygen atoms in total. The SMILES string of the molecule is [CH3][Sn]([CH3])([CH3])[c]1cc2cc(N(c3ccc(-c4ccccc4)cc3)c3ccc4s[c]([Sn]([CH3])([CH3])[CH3])cc4c3)ccc2s1. The van der Waals surface area contributed by atoms with Crippen molar-refractivity contribution < 1.29 is 0 Å². The van der Waals surface area contributed by atoms with Crippen molar-refractivity contribution in [2.45, 2.75) is 29.6 Å². The molecule has 39 heavy (non-hydrogen) atoms. The van der Waals surface area contributed by atoms with Gasteiger partial charge in [-0.3, -0.25) is 0 Å². The Bertz CT molecular complexity index is 1680. The van der Waals surface area contributed by atoms with Crippen molar-refractivity contribution in [3.63, 3.8) is 0 Å². The molecule has 6 aromatic rings. The Hall–Kier alpha value is -1.80. The van der Waals surface area contributed by atoms with Crippen molar-refractivity contribution in [2.24, 2.45) is 0 Å². The molecule has 2 aromatic heterocycles. The van der Waals surface area contributed by atoms with Crippen molar-refractivity contribution in [2.75, 3.05) is 4.90 Å². The second-order valence-corrected chi connectivity index (χ2v) is 45.4. The van der Waals surface area contributed by atoms with Gasteiger partial charge < -0.3 is 0 Å². The van der Waals surface area contributed by atoms with Gasteiger partial charge in [-0.05, 0) is 0 Å². The Morgan fingerprint density at radius 3 is 1.36 bits per heavy atom. The average Bonchev–Trinajstić information content (AvgIpc) is 3.54. The molecule has 0 saturated carbocycles. The van der Waals surface area contributed by atoms with Gasteiger partial charge in [-0.25, -0.2) is 0 Å². The zero-order valence-corrected chi connectivity index (χ0v) is 30.9. The maximum atomic E-state index is 2.51. The van der Waals surface area contributed by atoms with Gasteiger partial charge in [0.2, 0.25) is 0 Å². The van der Waals surface area contributed by atoms with Crippen LogP contribution in [0.15, 0.2) is 103 Å². The zero-order valence-electron chi connectivity index (χ0n) is 23.6. The van der Waals surface area contributed by atoms with E-state index >= 15 is 0 Å². The van der Waals surface area contributed by atoms with Crippen LogP contribution in [-0.4, -0.2) is 36.8 Å². The van der Waals surface area contributed by atoms with Crippen LogP contribution in [0.4, 0.5) is 17.1 Å². The number of anilines is 3. The fourth-order valence-electron chi connectivity index (χ4n) is 4.96. The third-order valence-corrected chi connectivity index (χ3v) is 28.3. The molecule has 0 unspecified atom stereocenters. The second-order valence-electron chi connectivity index (χ2n) is 12.4. The Morgan fingerprint density at radius 1 is 0.462 bits per heavy atom. The van der Waals surface area contributed by atoms with E-state index in [1.165, 1.54) is 48.4 Å². The molecule has 0 bridgehead atoms. The van der Waals surface area contributed by atoms with Gasteiger partial charge >= 0.3 is 233 Å². The molecule has 0 atom stereocenters. The van der Waals surface area contributed by atoms with Gasteiger partial charge in [0.15, 0.2) is 0 Å². The summed E-state index contributed by atoms with van der Waals surface area (Å²) in [6.07, 6.45) is 0. The van der Waals surface area contributed by atoms with Crippen LogP contribution in [-0.2, 0) is 0 Å². The standard InChI is InChI=1S/C28H17NS2.6CH3.2Sn/c1-2-4-20(5-3-1)21-6-8-24(9-7-21)29(25-10-12-27-22(18-25)14-16-30-27)26-11-13-28-23(19-26)15-17-31-28;;;;;;;;/h1-15,18-19H;6*1H3;;. The molecule has 0 saturated heterocycles. The minimum atomic E-state index is -2.13. The molecule has 2 heterocycles. The molecule has 0 spiro atoms. The second kappa shape index (κ2) is 10.5. The van der Waals surface area contributed by atoms with Crippen molar-refractivity contribution in [3.8, 4) is 11.1 Å². The average molecular weight is 759 g/mol. The van der Waals surface area contributed by atoms with Crippen LogP contribution in [0.2, 0.25) is 29.6 Å². The molecule has 0 N–H and O–H groups in total. The van der Waals surface area contributed by atoms with Gasteiger partial charge in [-0.1, -0.05) is 18.2 Å². The fourth-order valence-corrected chi connectivity index (χ4v) is 17.6. The van der Waals surface area contributed by atoms with Gasteiger partial charge in [0.1, 0.15) is 0 Å². The van der Waals surface area contributed by atoms with E-state index in [4.69, 9.17) is 0 Å². The van der Waals surface area contributed by atoms with Crippen LogP contribution in [0.1, 0.15) is 0 Å². The van der Waals surface area contributed by atoms with Crippen molar-refractivity contribution in [1.29, 1.82) is 0 Å². The maximum absolute atomic E-state index is 2.51. The predicted molar refractivity (Wildman–Crippen MR) is 183 cm³/mol. The summed E-state index contributed by atoms with van der Waals surface area (Å²) in [7, 11) is 0. The third-order valence-electron chi connectivity index (χ3n) is 7.23. The van der Waals surface area contributed by atoms with E-state index in [0.29, 0.717) is 0 Å². The number of benzene rings is 4. The molecular formula is C34H35NS2Sn2. The summed E-state index contributed by atoms with van der Waals surface area (Å²) in [5, 5.41) is 2.73. The zero-order chi connectivity index (χ0) is 27.4. The molecule has 0 fully saturated rings. The molecule has 6 rings (SSSR count). The summed E-state index contributed by atoms with van der Waals surface area (Å²) >= 11 is -0.257. The Kier molecular flexibility index (Phi) is 7.40. The third kappa shape index (κ3) is 5.70. The van der Waals surface area contributed by atoms with E-state index in [2.05, 4.69) is 138 Å². The van der Waals surface area contributed by atoms with Gasteiger partial charge in [0.25, 0.3) is 0 Å². The van der Waals surface area contributed by atoms with E-state index < -0.39 is 36.8 Å². The molecule has 0 aliphatic carbocycles.